The molecule has 1 atom stereocenters. The molecule has 0 saturated carbocycles. The molecule has 0 spiro atoms. The van der Waals surface area contributed by atoms with Gasteiger partial charge in [0.15, 0.2) is 0 Å². The van der Waals surface area contributed by atoms with Crippen molar-refractivity contribution in [2.24, 2.45) is 5.73 Å². The van der Waals surface area contributed by atoms with E-state index < -0.39 is 0 Å². The number of aromatic nitrogens is 2. The maximum absolute atomic E-state index is 5.79. The van der Waals surface area contributed by atoms with E-state index >= 15 is 0 Å². The highest BCUT2D eigenvalue weighted by molar-refractivity contribution is 5.75. The van der Waals surface area contributed by atoms with Crippen molar-refractivity contribution in [3.8, 4) is 0 Å². The molecule has 0 radical (unpaired) electrons. The van der Waals surface area contributed by atoms with Crippen molar-refractivity contribution in [1.82, 2.24) is 9.55 Å². The fourth-order valence-corrected chi connectivity index (χ4v) is 2.03. The first-order chi connectivity index (χ1) is 7.72. The Hall–Kier alpha value is -1.35. The molecular formula is C13H19N3. The summed E-state index contributed by atoms with van der Waals surface area (Å²) in [5, 5.41) is 0. The Labute approximate surface area is 96.3 Å². The Morgan fingerprint density at radius 3 is 2.81 bits per heavy atom. The maximum Gasteiger partial charge on any atom is 0.109 e. The second-order valence-electron chi connectivity index (χ2n) is 4.28. The summed E-state index contributed by atoms with van der Waals surface area (Å²) in [4.78, 5) is 4.66. The first-order valence-corrected chi connectivity index (χ1v) is 5.92. The van der Waals surface area contributed by atoms with Crippen LogP contribution in [0.2, 0.25) is 0 Å². The van der Waals surface area contributed by atoms with Crippen molar-refractivity contribution < 1.29 is 0 Å². The second-order valence-corrected chi connectivity index (χ2v) is 4.28. The number of imidazole rings is 1. The van der Waals surface area contributed by atoms with Gasteiger partial charge in [0, 0.05) is 19.0 Å². The number of hydrogen-bond acceptors (Lipinski definition) is 2. The van der Waals surface area contributed by atoms with Crippen LogP contribution in [0, 0.1) is 0 Å². The number of aryl methyl sites for hydroxylation is 2. The molecular weight excluding hydrogens is 198 g/mol. The summed E-state index contributed by atoms with van der Waals surface area (Å²) in [7, 11) is 0. The zero-order chi connectivity index (χ0) is 11.5. The molecule has 2 rings (SSSR count). The molecule has 0 aliphatic carbocycles. The summed E-state index contributed by atoms with van der Waals surface area (Å²) in [5.41, 5.74) is 8.10. The van der Waals surface area contributed by atoms with Crippen molar-refractivity contribution in [3.63, 3.8) is 0 Å². The zero-order valence-electron chi connectivity index (χ0n) is 9.98. The predicted octanol–water partition coefficient (Wildman–Crippen LogP) is 2.34. The summed E-state index contributed by atoms with van der Waals surface area (Å²) in [6, 6.07) is 8.53. The average Bonchev–Trinajstić information content (AvgIpc) is 2.63. The summed E-state index contributed by atoms with van der Waals surface area (Å²) < 4.78 is 2.28. The van der Waals surface area contributed by atoms with Gasteiger partial charge in [-0.2, -0.15) is 0 Å². The van der Waals surface area contributed by atoms with E-state index in [2.05, 4.69) is 34.7 Å². The van der Waals surface area contributed by atoms with Crippen molar-refractivity contribution >= 4 is 11.0 Å². The molecule has 0 amide bonds. The maximum atomic E-state index is 5.79. The summed E-state index contributed by atoms with van der Waals surface area (Å²) >= 11 is 0. The fourth-order valence-electron chi connectivity index (χ4n) is 2.03. The van der Waals surface area contributed by atoms with Gasteiger partial charge >= 0.3 is 0 Å². The van der Waals surface area contributed by atoms with E-state index in [1.165, 1.54) is 5.52 Å². The van der Waals surface area contributed by atoms with Crippen LogP contribution in [0.3, 0.4) is 0 Å². The minimum atomic E-state index is 0.241. The molecule has 86 valence electrons. The van der Waals surface area contributed by atoms with Gasteiger partial charge in [0.2, 0.25) is 0 Å². The first kappa shape index (κ1) is 11.1. The van der Waals surface area contributed by atoms with E-state index in [1.807, 2.05) is 13.0 Å². The predicted molar refractivity (Wildman–Crippen MR) is 67.4 cm³/mol. The number of nitrogens with two attached hydrogens (primary N) is 1. The Morgan fingerprint density at radius 2 is 2.12 bits per heavy atom. The highest BCUT2D eigenvalue weighted by atomic mass is 15.1. The summed E-state index contributed by atoms with van der Waals surface area (Å²) in [6.07, 6.45) is 1.95. The van der Waals surface area contributed by atoms with Crippen LogP contribution in [0.25, 0.3) is 11.0 Å². The van der Waals surface area contributed by atoms with Crippen LogP contribution >= 0.6 is 0 Å². The van der Waals surface area contributed by atoms with E-state index in [1.54, 1.807) is 0 Å². The summed E-state index contributed by atoms with van der Waals surface area (Å²) in [5.74, 6) is 1.15. The number of nitrogens with zero attached hydrogens (tertiary/aromatic N) is 2. The van der Waals surface area contributed by atoms with E-state index in [4.69, 9.17) is 5.73 Å². The van der Waals surface area contributed by atoms with Crippen molar-refractivity contribution in [3.05, 3.63) is 30.1 Å². The lowest BCUT2D eigenvalue weighted by atomic mass is 10.2. The van der Waals surface area contributed by atoms with Gasteiger partial charge in [-0.15, -0.1) is 0 Å². The first-order valence-electron chi connectivity index (χ1n) is 5.92. The molecule has 0 aliphatic rings. The standard InChI is InChI=1S/C13H19N3/c1-3-16-12-7-5-4-6-11(12)15-13(16)9-8-10(2)14/h4-7,10H,3,8-9,14H2,1-2H3. The van der Waals surface area contributed by atoms with Gasteiger partial charge in [0.05, 0.1) is 11.0 Å². The molecule has 1 aromatic heterocycles. The monoisotopic (exact) mass is 217 g/mol. The number of benzene rings is 1. The van der Waals surface area contributed by atoms with Gasteiger partial charge in [-0.05, 0) is 32.4 Å². The molecule has 3 nitrogen and oxygen atoms in total. The SMILES string of the molecule is CCn1c(CCC(C)N)nc2ccccc21. The molecule has 3 heteroatoms. The molecule has 0 fully saturated rings. The molecule has 0 bridgehead atoms. The van der Waals surface area contributed by atoms with E-state index in [9.17, 15) is 0 Å². The average molecular weight is 217 g/mol. The Balaban J connectivity index is 2.36. The lowest BCUT2D eigenvalue weighted by Crippen LogP contribution is -2.16. The third-order valence-electron chi connectivity index (χ3n) is 2.87. The van der Waals surface area contributed by atoms with E-state index in [-0.39, 0.29) is 6.04 Å². The molecule has 1 unspecified atom stereocenters. The van der Waals surface area contributed by atoms with Gasteiger partial charge in [-0.3, -0.25) is 0 Å². The van der Waals surface area contributed by atoms with Gasteiger partial charge in [0.1, 0.15) is 5.82 Å². The molecule has 2 N–H and O–H groups in total. The topological polar surface area (TPSA) is 43.8 Å². The normalized spacial score (nSPS) is 13.2. The minimum Gasteiger partial charge on any atom is -0.328 e. The van der Waals surface area contributed by atoms with Crippen LogP contribution in [0.1, 0.15) is 26.1 Å². The highest BCUT2D eigenvalue weighted by Crippen LogP contribution is 2.17. The van der Waals surface area contributed by atoms with Gasteiger partial charge in [-0.1, -0.05) is 12.1 Å². The van der Waals surface area contributed by atoms with Gasteiger partial charge < -0.3 is 10.3 Å². The molecule has 1 aromatic carbocycles. The largest absolute Gasteiger partial charge is 0.328 e. The van der Waals surface area contributed by atoms with Crippen LogP contribution < -0.4 is 5.73 Å². The van der Waals surface area contributed by atoms with Crippen LogP contribution in [0.15, 0.2) is 24.3 Å². The summed E-state index contributed by atoms with van der Waals surface area (Å²) in [6.45, 7) is 5.16. The van der Waals surface area contributed by atoms with Crippen LogP contribution in [0.4, 0.5) is 0 Å². The third kappa shape index (κ3) is 2.09. The Morgan fingerprint density at radius 1 is 1.38 bits per heavy atom. The molecule has 16 heavy (non-hydrogen) atoms. The highest BCUT2D eigenvalue weighted by Gasteiger charge is 2.08. The minimum absolute atomic E-state index is 0.241. The number of fused-ring (bicyclic) bond motifs is 1. The van der Waals surface area contributed by atoms with Gasteiger partial charge in [0.25, 0.3) is 0 Å². The van der Waals surface area contributed by atoms with E-state index in [0.29, 0.717) is 0 Å². The molecule has 0 saturated heterocycles. The lowest BCUT2D eigenvalue weighted by molar-refractivity contribution is 0.620. The Bertz CT molecular complexity index is 471. The lowest BCUT2D eigenvalue weighted by Gasteiger charge is -2.07. The van der Waals surface area contributed by atoms with Gasteiger partial charge in [-0.25, -0.2) is 4.98 Å². The number of rotatable bonds is 4. The van der Waals surface area contributed by atoms with E-state index in [0.717, 1.165) is 30.7 Å². The van der Waals surface area contributed by atoms with Crippen LogP contribution in [-0.2, 0) is 13.0 Å². The van der Waals surface area contributed by atoms with Crippen LogP contribution in [-0.4, -0.2) is 15.6 Å². The zero-order valence-corrected chi connectivity index (χ0v) is 9.98. The third-order valence-corrected chi connectivity index (χ3v) is 2.87. The Kier molecular flexibility index (Phi) is 3.25. The molecule has 1 heterocycles. The quantitative estimate of drug-likeness (QED) is 0.854. The smallest absolute Gasteiger partial charge is 0.109 e. The van der Waals surface area contributed by atoms with Crippen molar-refractivity contribution in [1.29, 1.82) is 0 Å². The number of hydrogen-bond donors (Lipinski definition) is 1. The van der Waals surface area contributed by atoms with Crippen molar-refractivity contribution in [2.45, 2.75) is 39.3 Å². The molecule has 0 aliphatic heterocycles. The number of para-hydroxylation sites is 2. The van der Waals surface area contributed by atoms with Crippen molar-refractivity contribution in [2.75, 3.05) is 0 Å². The second kappa shape index (κ2) is 4.66. The molecule has 2 aromatic rings. The fraction of sp³-hybridized carbons (Fsp3) is 0.462. The van der Waals surface area contributed by atoms with Crippen LogP contribution in [0.5, 0.6) is 0 Å².